The number of hydrogen-bond acceptors (Lipinski definition) is 0. The lowest BCUT2D eigenvalue weighted by atomic mass is 9.12. The van der Waals surface area contributed by atoms with Crippen molar-refractivity contribution in [1.29, 1.82) is 0 Å². The fourth-order valence-corrected chi connectivity index (χ4v) is 8.70. The van der Waals surface area contributed by atoms with E-state index < -0.39 is 255 Å². The minimum atomic E-state index is -7.22. The Morgan fingerprint density at radius 1 is 0.205 bits per heavy atom. The molecule has 468 valence electrons. The summed E-state index contributed by atoms with van der Waals surface area (Å²) in [5.41, 5.74) is -21.0. The van der Waals surface area contributed by atoms with Gasteiger partial charge in [0.15, 0.2) is 157 Å². The molecule has 0 aliphatic heterocycles. The molecule has 8 aromatic rings. The van der Waals surface area contributed by atoms with E-state index in [-0.39, 0.29) is 0 Å². The molecule has 0 saturated carbocycles. The van der Waals surface area contributed by atoms with Crippen LogP contribution >= 0.6 is 0 Å². The second-order valence-electron chi connectivity index (χ2n) is 17.6. The minimum absolute atomic E-state index is 1.33. The molecule has 1 N–H and O–H groups in total. The monoisotopic (exact) mass is 1310 g/mol. The molecule has 0 fully saturated rings. The highest BCUT2D eigenvalue weighted by Crippen LogP contribution is 2.32. The normalized spacial score (nSPS) is 11.6. The second-order valence-corrected chi connectivity index (χ2v) is 17.6. The smallest absolute Gasteiger partial charge is 0.265 e. The van der Waals surface area contributed by atoms with Gasteiger partial charge in [0.1, 0.15) is 58.4 Å². The van der Waals surface area contributed by atoms with Crippen LogP contribution in [0, 0.1) is 204 Å². The topological polar surface area (TPSA) is 4.44 Å². The average Bonchev–Trinajstić information content (AvgIpc) is 0.911. The van der Waals surface area contributed by atoms with Crippen molar-refractivity contribution in [3.05, 3.63) is 234 Å². The maximum absolute atomic E-state index is 15.4. The molecule has 8 rings (SSSR count). The number of quaternary nitrogens is 1. The lowest BCUT2D eigenvalue weighted by molar-refractivity contribution is -0.786. The predicted octanol–water partition coefficient (Wildman–Crippen LogP) is 10.6. The highest BCUT2D eigenvalue weighted by Gasteiger charge is 2.53. The molecule has 8 aromatic carbocycles. The molecule has 88 heavy (non-hydrogen) atoms. The Kier molecular flexibility index (Phi) is 19.4. The summed E-state index contributed by atoms with van der Waals surface area (Å²) < 4.78 is 503. The standard InChI is InChI=1S/C24BF20.C18BF15.C8H11N/c26-5-1(6(27)14(35)21(42)13(5)34)25(2-7(28)15(36)22(43)16(37)8(2)29,3-9(30)17(38)23(44)18(39)10(3)31)4-11(32)19(40)24(45)20(41)12(4)33;20-4-1(5(21)11(27)16(32)10(4)26)19(2-6(22)12(28)17(33)13(29)7(2)23)3-8(24)14(30)18(34)15(31)9(3)25;1-9(2)8-6-4-3-5-7-8/h;;3-7H,1-2H3/q-1;;/p+1. The quantitative estimate of drug-likeness (QED) is 0.0669. The first kappa shape index (κ1) is 68.5. The molecule has 0 aromatic heterocycles. The van der Waals surface area contributed by atoms with Crippen LogP contribution in [0.25, 0.3) is 0 Å². The van der Waals surface area contributed by atoms with Gasteiger partial charge in [0, 0.05) is 16.4 Å². The zero-order chi connectivity index (χ0) is 67.0. The lowest BCUT2D eigenvalue weighted by Gasteiger charge is -2.44. The van der Waals surface area contributed by atoms with Crippen molar-refractivity contribution in [3.8, 4) is 0 Å². The van der Waals surface area contributed by atoms with Crippen LogP contribution in [0.5, 0.6) is 0 Å². The summed E-state index contributed by atoms with van der Waals surface area (Å²) in [6, 6.07) is 10.4. The summed E-state index contributed by atoms with van der Waals surface area (Å²) in [6.07, 6.45) is -7.22. The molecule has 0 bridgehead atoms. The SMILES string of the molecule is C[NH+](C)c1ccccc1.Fc1c(F)c(F)c(B(c2c(F)c(F)c(F)c(F)c2F)c2c(F)c(F)c(F)c(F)c2F)c(F)c1F.Fc1c(F)c(F)c([B-](c2c(F)c(F)c(F)c(F)c2F)(c2c(F)c(F)c(F)c(F)c2F)c2c(F)c(F)c(F)c(F)c2F)c(F)c1F. The molecule has 0 saturated heterocycles. The summed E-state index contributed by atoms with van der Waals surface area (Å²) in [5, 5.41) is 0. The van der Waals surface area contributed by atoms with Crippen LogP contribution < -0.4 is 43.1 Å². The minimum Gasteiger partial charge on any atom is -0.307 e. The Labute approximate surface area is 463 Å². The van der Waals surface area contributed by atoms with Crippen LogP contribution in [0.1, 0.15) is 0 Å². The van der Waals surface area contributed by atoms with Gasteiger partial charge in [0.25, 0.3) is 6.71 Å². The van der Waals surface area contributed by atoms with Crippen molar-refractivity contribution in [2.24, 2.45) is 0 Å². The highest BCUT2D eigenvalue weighted by molar-refractivity contribution is 7.20. The first-order valence-corrected chi connectivity index (χ1v) is 22.3. The molecule has 0 unspecified atom stereocenters. The number of para-hydroxylation sites is 1. The van der Waals surface area contributed by atoms with Crippen molar-refractivity contribution in [2.45, 2.75) is 0 Å². The van der Waals surface area contributed by atoms with Gasteiger partial charge in [-0.25, -0.2) is 154 Å². The molecule has 0 aliphatic carbocycles. The summed E-state index contributed by atoms with van der Waals surface area (Å²) in [5.74, 6) is -117. The molecular weight excluding hydrogens is 1300 g/mol. The molecular formula is C50H12B2F35N. The van der Waals surface area contributed by atoms with E-state index in [0.29, 0.717) is 0 Å². The van der Waals surface area contributed by atoms with Crippen LogP contribution in [-0.4, -0.2) is 27.0 Å². The summed E-state index contributed by atoms with van der Waals surface area (Å²) >= 11 is 0. The van der Waals surface area contributed by atoms with Gasteiger partial charge in [-0.15, -0.1) is 21.9 Å². The number of hydrogen-bond donors (Lipinski definition) is 1. The molecule has 0 radical (unpaired) electrons. The van der Waals surface area contributed by atoms with Gasteiger partial charge in [-0.2, -0.15) is 0 Å². The third kappa shape index (κ3) is 10.5. The third-order valence-electron chi connectivity index (χ3n) is 12.7. The van der Waals surface area contributed by atoms with Crippen molar-refractivity contribution >= 4 is 56.8 Å². The molecule has 38 heteroatoms. The fourth-order valence-electron chi connectivity index (χ4n) is 8.70. The van der Waals surface area contributed by atoms with E-state index in [9.17, 15) is 119 Å². The molecule has 0 amide bonds. The number of rotatable bonds is 8. The Morgan fingerprint density at radius 3 is 0.477 bits per heavy atom. The van der Waals surface area contributed by atoms with E-state index in [2.05, 4.69) is 38.4 Å². The third-order valence-corrected chi connectivity index (χ3v) is 12.7. The Bertz CT molecular complexity index is 3560. The van der Waals surface area contributed by atoms with Gasteiger partial charge in [0.2, 0.25) is 0 Å². The molecule has 0 aliphatic rings. The van der Waals surface area contributed by atoms with Crippen LogP contribution in [0.3, 0.4) is 0 Å². The molecule has 1 nitrogen and oxygen atoms in total. The van der Waals surface area contributed by atoms with Crippen molar-refractivity contribution in [1.82, 2.24) is 0 Å². The second kappa shape index (κ2) is 24.9. The summed E-state index contributed by atoms with van der Waals surface area (Å²) in [4.78, 5) is 1.37. The Morgan fingerprint density at radius 2 is 0.341 bits per heavy atom. The lowest BCUT2D eigenvalue weighted by Crippen LogP contribution is -3.00. The zero-order valence-electron chi connectivity index (χ0n) is 41.3. The van der Waals surface area contributed by atoms with E-state index in [1.165, 1.54) is 10.6 Å². The maximum atomic E-state index is 15.4. The molecule has 0 heterocycles. The van der Waals surface area contributed by atoms with Gasteiger partial charge >= 0.3 is 0 Å². The highest BCUT2D eigenvalue weighted by atomic mass is 19.2. The molecule has 0 atom stereocenters. The van der Waals surface area contributed by atoms with E-state index in [4.69, 9.17) is 0 Å². The van der Waals surface area contributed by atoms with Crippen LogP contribution in [0.15, 0.2) is 30.3 Å². The first-order chi connectivity index (χ1) is 40.7. The average molecular weight is 1310 g/mol. The van der Waals surface area contributed by atoms with Crippen LogP contribution in [-0.2, 0) is 0 Å². The van der Waals surface area contributed by atoms with Crippen molar-refractivity contribution in [3.63, 3.8) is 0 Å². The fraction of sp³-hybridized carbons (Fsp3) is 0.0400. The van der Waals surface area contributed by atoms with Gasteiger partial charge in [-0.1, -0.05) is 18.2 Å². The predicted molar refractivity (Wildman–Crippen MR) is 231 cm³/mol. The Balaban J connectivity index is 0.000000252. The first-order valence-electron chi connectivity index (χ1n) is 22.3. The Hall–Kier alpha value is -8.60. The van der Waals surface area contributed by atoms with Crippen molar-refractivity contribution < 1.29 is 159 Å². The number of halogens is 35. The van der Waals surface area contributed by atoms with E-state index >= 15 is 35.1 Å². The van der Waals surface area contributed by atoms with E-state index in [1.807, 2.05) is 6.07 Å². The molecule has 0 spiro atoms. The van der Waals surface area contributed by atoms with Crippen LogP contribution in [0.2, 0.25) is 0 Å². The van der Waals surface area contributed by atoms with Gasteiger partial charge < -0.3 is 4.90 Å². The van der Waals surface area contributed by atoms with E-state index in [1.54, 1.807) is 0 Å². The van der Waals surface area contributed by atoms with E-state index in [0.717, 1.165) is 0 Å². The summed E-state index contributed by atoms with van der Waals surface area (Å²) in [6.45, 7) is -3.96. The number of benzene rings is 8. The largest absolute Gasteiger partial charge is 0.307 e. The van der Waals surface area contributed by atoms with Gasteiger partial charge in [0.05, 0.1) is 14.1 Å². The number of nitrogens with one attached hydrogen (secondary N) is 1. The van der Waals surface area contributed by atoms with Crippen molar-refractivity contribution in [2.75, 3.05) is 14.1 Å². The zero-order valence-corrected chi connectivity index (χ0v) is 41.3. The maximum Gasteiger partial charge on any atom is 0.265 e. The van der Waals surface area contributed by atoms with Gasteiger partial charge in [-0.3, -0.25) is 0 Å². The van der Waals surface area contributed by atoms with Gasteiger partial charge in [-0.05, 0) is 12.1 Å². The summed E-state index contributed by atoms with van der Waals surface area (Å²) in [7, 11) is 4.24. The van der Waals surface area contributed by atoms with Crippen LogP contribution in [0.4, 0.5) is 159 Å².